The molecule has 3 rings (SSSR count). The maximum atomic E-state index is 13.9. The van der Waals surface area contributed by atoms with Crippen LogP contribution in [0.5, 0.6) is 17.2 Å². The van der Waals surface area contributed by atoms with Crippen molar-refractivity contribution in [1.82, 2.24) is 4.90 Å². The molecule has 9 nitrogen and oxygen atoms in total. The van der Waals surface area contributed by atoms with Crippen LogP contribution in [0.3, 0.4) is 0 Å². The van der Waals surface area contributed by atoms with Gasteiger partial charge in [0.2, 0.25) is 5.78 Å². The zero-order chi connectivity index (χ0) is 30.9. The molecule has 1 N–H and O–H groups in total. The van der Waals surface area contributed by atoms with E-state index in [1.165, 1.54) is 4.90 Å². The molecule has 1 aliphatic rings. The molecule has 9 heteroatoms. The van der Waals surface area contributed by atoms with Crippen LogP contribution in [-0.4, -0.2) is 66.9 Å². The van der Waals surface area contributed by atoms with E-state index in [0.29, 0.717) is 49.5 Å². The van der Waals surface area contributed by atoms with Gasteiger partial charge in [-0.3, -0.25) is 14.4 Å². The Kier molecular flexibility index (Phi) is 11.5. The third-order valence-corrected chi connectivity index (χ3v) is 8.20. The molecule has 0 spiro atoms. The van der Waals surface area contributed by atoms with E-state index in [9.17, 15) is 19.2 Å². The minimum atomic E-state index is -1.08. The monoisotopic (exact) mass is 581 g/mol. The number of Topliss-reactive ketones (excluding diaryl/α,β-unsaturated/α-hetero) is 2. The standard InChI is InChI=1S/C33H43NO8/c1-6-33(2,3)31(38)32(39)34-17-8-7-12-26(34)27(35)20-24(23-10-9-11-25(19-23)42-21-30(36)37)15-13-22-14-16-28(40-4)29(18-22)41-5/h9-11,14,16,18-19,24,26H,6-8,12-13,15,17,20-21H2,1-5H3,(H,36,37)/t24-,26-/m0/s1. The maximum absolute atomic E-state index is 13.9. The molecule has 1 amide bonds. The molecule has 1 fully saturated rings. The number of piperidine rings is 1. The van der Waals surface area contributed by atoms with Crippen molar-refractivity contribution in [2.45, 2.75) is 77.7 Å². The first-order valence-corrected chi connectivity index (χ1v) is 14.5. The van der Waals surface area contributed by atoms with E-state index < -0.39 is 35.7 Å². The fourth-order valence-electron chi connectivity index (χ4n) is 5.24. The van der Waals surface area contributed by atoms with Crippen LogP contribution >= 0.6 is 0 Å². The van der Waals surface area contributed by atoms with Gasteiger partial charge in [0.05, 0.1) is 20.3 Å². The van der Waals surface area contributed by atoms with Crippen LogP contribution in [0.15, 0.2) is 42.5 Å². The molecular weight excluding hydrogens is 538 g/mol. The van der Waals surface area contributed by atoms with Crippen molar-refractivity contribution in [1.29, 1.82) is 0 Å². The molecule has 42 heavy (non-hydrogen) atoms. The minimum Gasteiger partial charge on any atom is -0.493 e. The average molecular weight is 582 g/mol. The molecule has 228 valence electrons. The number of ether oxygens (including phenoxy) is 3. The fraction of sp³-hybridized carbons (Fsp3) is 0.515. The Hall–Kier alpha value is -3.88. The third kappa shape index (κ3) is 8.33. The molecule has 0 unspecified atom stereocenters. The van der Waals surface area contributed by atoms with Crippen molar-refractivity contribution in [2.75, 3.05) is 27.4 Å². The van der Waals surface area contributed by atoms with Crippen LogP contribution in [-0.2, 0) is 25.6 Å². The number of aryl methyl sites for hydroxylation is 1. The lowest BCUT2D eigenvalue weighted by Crippen LogP contribution is -2.52. The van der Waals surface area contributed by atoms with Gasteiger partial charge in [-0.1, -0.05) is 39.0 Å². The number of carboxylic acid groups (broad SMARTS) is 1. The number of aliphatic carboxylic acids is 1. The summed E-state index contributed by atoms with van der Waals surface area (Å²) in [7, 11) is 3.16. The Morgan fingerprint density at radius 3 is 2.43 bits per heavy atom. The summed E-state index contributed by atoms with van der Waals surface area (Å²) in [5, 5.41) is 9.04. The van der Waals surface area contributed by atoms with E-state index in [2.05, 4.69) is 0 Å². The molecule has 1 saturated heterocycles. The van der Waals surface area contributed by atoms with Gasteiger partial charge in [0.1, 0.15) is 5.75 Å². The quantitative estimate of drug-likeness (QED) is 0.284. The lowest BCUT2D eigenvalue weighted by Gasteiger charge is -2.36. The summed E-state index contributed by atoms with van der Waals surface area (Å²) in [6.45, 7) is 5.31. The highest BCUT2D eigenvalue weighted by atomic mass is 16.5. The van der Waals surface area contributed by atoms with E-state index in [0.717, 1.165) is 24.0 Å². The van der Waals surface area contributed by atoms with Crippen LogP contribution in [0.25, 0.3) is 0 Å². The molecule has 0 aliphatic carbocycles. The number of hydrogen-bond acceptors (Lipinski definition) is 7. The van der Waals surface area contributed by atoms with E-state index in [-0.39, 0.29) is 18.1 Å². The Bertz CT molecular complexity index is 1270. The van der Waals surface area contributed by atoms with Crippen LogP contribution in [0.1, 0.15) is 76.3 Å². The van der Waals surface area contributed by atoms with Gasteiger partial charge >= 0.3 is 5.97 Å². The van der Waals surface area contributed by atoms with Crippen LogP contribution < -0.4 is 14.2 Å². The van der Waals surface area contributed by atoms with E-state index in [1.807, 2.05) is 31.2 Å². The Morgan fingerprint density at radius 2 is 1.76 bits per heavy atom. The van der Waals surface area contributed by atoms with E-state index in [4.69, 9.17) is 19.3 Å². The zero-order valence-corrected chi connectivity index (χ0v) is 25.3. The largest absolute Gasteiger partial charge is 0.493 e. The van der Waals surface area contributed by atoms with Crippen LogP contribution in [0.2, 0.25) is 0 Å². The molecule has 1 aliphatic heterocycles. The second-order valence-electron chi connectivity index (χ2n) is 11.4. The lowest BCUT2D eigenvalue weighted by atomic mass is 9.82. The molecule has 0 saturated carbocycles. The van der Waals surface area contributed by atoms with Crippen molar-refractivity contribution in [3.63, 3.8) is 0 Å². The number of carboxylic acids is 1. The van der Waals surface area contributed by atoms with Crippen molar-refractivity contribution in [3.8, 4) is 17.2 Å². The number of amides is 1. The highest BCUT2D eigenvalue weighted by Gasteiger charge is 2.40. The van der Waals surface area contributed by atoms with Gasteiger partial charge in [-0.05, 0) is 79.8 Å². The summed E-state index contributed by atoms with van der Waals surface area (Å²) in [5.74, 6) is -0.797. The smallest absolute Gasteiger partial charge is 0.341 e. The summed E-state index contributed by atoms with van der Waals surface area (Å²) in [6.07, 6.45) is 4.01. The first-order chi connectivity index (χ1) is 20.0. The first-order valence-electron chi connectivity index (χ1n) is 14.5. The average Bonchev–Trinajstić information content (AvgIpc) is 3.01. The van der Waals surface area contributed by atoms with Gasteiger partial charge < -0.3 is 24.2 Å². The highest BCUT2D eigenvalue weighted by molar-refractivity contribution is 6.38. The maximum Gasteiger partial charge on any atom is 0.341 e. The fourth-order valence-corrected chi connectivity index (χ4v) is 5.24. The van der Waals surface area contributed by atoms with Crippen LogP contribution in [0.4, 0.5) is 0 Å². The van der Waals surface area contributed by atoms with E-state index in [1.54, 1.807) is 46.3 Å². The predicted molar refractivity (Wildman–Crippen MR) is 158 cm³/mol. The summed E-state index contributed by atoms with van der Waals surface area (Å²) >= 11 is 0. The Balaban J connectivity index is 1.87. The van der Waals surface area contributed by atoms with Gasteiger partial charge in [-0.25, -0.2) is 4.79 Å². The number of benzene rings is 2. The molecule has 0 bridgehead atoms. The number of methoxy groups -OCH3 is 2. The summed E-state index contributed by atoms with van der Waals surface area (Å²) in [5.41, 5.74) is 1.05. The third-order valence-electron chi connectivity index (χ3n) is 8.20. The molecule has 0 aromatic heterocycles. The zero-order valence-electron chi connectivity index (χ0n) is 25.3. The predicted octanol–water partition coefficient (Wildman–Crippen LogP) is 5.23. The lowest BCUT2D eigenvalue weighted by molar-refractivity contribution is -0.153. The Labute approximate surface area is 248 Å². The van der Waals surface area contributed by atoms with Gasteiger partial charge in [-0.15, -0.1) is 0 Å². The number of hydrogen-bond donors (Lipinski definition) is 1. The number of rotatable bonds is 15. The highest BCUT2D eigenvalue weighted by Crippen LogP contribution is 2.33. The number of carbonyl (C=O) groups is 4. The van der Waals surface area contributed by atoms with Gasteiger partial charge in [-0.2, -0.15) is 0 Å². The summed E-state index contributed by atoms with van der Waals surface area (Å²) in [4.78, 5) is 52.8. The summed E-state index contributed by atoms with van der Waals surface area (Å²) in [6, 6.07) is 12.2. The van der Waals surface area contributed by atoms with E-state index >= 15 is 0 Å². The van der Waals surface area contributed by atoms with Gasteiger partial charge in [0, 0.05) is 18.4 Å². The Morgan fingerprint density at radius 1 is 1.02 bits per heavy atom. The van der Waals surface area contributed by atoms with Crippen LogP contribution in [0, 0.1) is 5.41 Å². The van der Waals surface area contributed by atoms with Gasteiger partial charge in [0.25, 0.3) is 5.91 Å². The number of ketones is 2. The van der Waals surface area contributed by atoms with Gasteiger partial charge in [0.15, 0.2) is 23.9 Å². The molecule has 0 radical (unpaired) electrons. The molecule has 2 aromatic carbocycles. The van der Waals surface area contributed by atoms with Crippen molar-refractivity contribution in [2.24, 2.45) is 5.41 Å². The first kappa shape index (κ1) is 32.6. The van der Waals surface area contributed by atoms with Crippen molar-refractivity contribution in [3.05, 3.63) is 53.6 Å². The number of likely N-dealkylation sites (tertiary alicyclic amines) is 1. The normalized spacial score (nSPS) is 15.9. The second-order valence-corrected chi connectivity index (χ2v) is 11.4. The number of nitrogens with zero attached hydrogens (tertiary/aromatic N) is 1. The van der Waals surface area contributed by atoms with Crippen molar-refractivity contribution >= 4 is 23.4 Å². The molecule has 1 heterocycles. The van der Waals surface area contributed by atoms with Crippen molar-refractivity contribution < 1.29 is 38.5 Å². The minimum absolute atomic E-state index is 0.0840. The molecule has 2 atom stereocenters. The topological polar surface area (TPSA) is 119 Å². The molecule has 2 aromatic rings. The SMILES string of the molecule is CCC(C)(C)C(=O)C(=O)N1CCCC[C@H]1C(=O)C[C@H](CCc1ccc(OC)c(OC)c1)c1cccc(OCC(=O)O)c1. The number of carbonyl (C=O) groups excluding carboxylic acids is 3. The molecular formula is C33H43NO8. The second kappa shape index (κ2) is 14.8. The summed E-state index contributed by atoms with van der Waals surface area (Å²) < 4.78 is 16.2.